The summed E-state index contributed by atoms with van der Waals surface area (Å²) in [6.07, 6.45) is -3.07. The van der Waals surface area contributed by atoms with Crippen molar-refractivity contribution < 1.29 is 52.7 Å². The van der Waals surface area contributed by atoms with Crippen LogP contribution in [0.3, 0.4) is 0 Å². The Morgan fingerprint density at radius 2 is 1.38 bits per heavy atom. The Balaban J connectivity index is 3.13. The minimum atomic E-state index is -1.86. The van der Waals surface area contributed by atoms with Gasteiger partial charge in [-0.1, -0.05) is 33.8 Å². The van der Waals surface area contributed by atoms with Crippen molar-refractivity contribution in [2.24, 2.45) is 17.6 Å². The molecule has 0 spiro atoms. The molecule has 39 heavy (non-hydrogen) atoms. The molecule has 220 valence electrons. The van der Waals surface area contributed by atoms with Crippen molar-refractivity contribution in [3.8, 4) is 11.5 Å². The van der Waals surface area contributed by atoms with Crippen molar-refractivity contribution in [2.75, 3.05) is 19.8 Å². The Bertz CT molecular complexity index is 963. The number of benzene rings is 1. The van der Waals surface area contributed by atoms with Crippen LogP contribution in [-0.4, -0.2) is 61.0 Å². The lowest BCUT2D eigenvalue weighted by molar-refractivity contribution is -0.144. The van der Waals surface area contributed by atoms with E-state index in [1.807, 2.05) is 27.7 Å². The SMILES string of the molecule is CCOC(=O)O[C@@H](C)CC(N)(Cc1ccc(OC(=O)OCCC(C)C)c(OC(=O)OCCC(C)C)c1)C(=O)O. The first-order chi connectivity index (χ1) is 18.2. The van der Waals surface area contributed by atoms with Gasteiger partial charge in [0.15, 0.2) is 11.5 Å². The number of carbonyl (C=O) groups excluding carboxylic acids is 3. The zero-order valence-corrected chi connectivity index (χ0v) is 23.5. The largest absolute Gasteiger partial charge is 0.513 e. The maximum Gasteiger partial charge on any atom is 0.513 e. The van der Waals surface area contributed by atoms with Gasteiger partial charge < -0.3 is 39.3 Å². The lowest BCUT2D eigenvalue weighted by Gasteiger charge is -2.28. The summed E-state index contributed by atoms with van der Waals surface area (Å²) in [7, 11) is 0. The van der Waals surface area contributed by atoms with Crippen LogP contribution in [0, 0.1) is 11.8 Å². The van der Waals surface area contributed by atoms with Gasteiger partial charge in [0.05, 0.1) is 19.8 Å². The molecule has 0 aliphatic carbocycles. The number of carboxylic acids is 1. The Labute approximate surface area is 229 Å². The molecule has 1 unspecified atom stereocenters. The molecule has 0 aromatic heterocycles. The number of carbonyl (C=O) groups is 4. The molecule has 1 aromatic rings. The molecule has 3 N–H and O–H groups in total. The highest BCUT2D eigenvalue weighted by Gasteiger charge is 2.37. The maximum atomic E-state index is 12.3. The van der Waals surface area contributed by atoms with Gasteiger partial charge >= 0.3 is 24.4 Å². The molecule has 0 aliphatic heterocycles. The van der Waals surface area contributed by atoms with Crippen LogP contribution >= 0.6 is 0 Å². The summed E-state index contributed by atoms with van der Waals surface area (Å²) in [5.41, 5.74) is 4.68. The smallest absolute Gasteiger partial charge is 0.480 e. The Morgan fingerprint density at radius 1 is 0.846 bits per heavy atom. The number of rotatable bonds is 15. The normalized spacial score (nSPS) is 13.3. The van der Waals surface area contributed by atoms with Gasteiger partial charge in [-0.05, 0) is 56.2 Å². The van der Waals surface area contributed by atoms with E-state index in [-0.39, 0.29) is 44.2 Å². The second-order valence-electron chi connectivity index (χ2n) is 10.0. The van der Waals surface area contributed by atoms with Crippen molar-refractivity contribution in [3.63, 3.8) is 0 Å². The Hall–Kier alpha value is -3.54. The molecule has 12 nitrogen and oxygen atoms in total. The fourth-order valence-corrected chi connectivity index (χ4v) is 3.29. The van der Waals surface area contributed by atoms with Crippen molar-refractivity contribution in [2.45, 2.75) is 78.9 Å². The van der Waals surface area contributed by atoms with Crippen LogP contribution in [0.25, 0.3) is 0 Å². The molecule has 0 bridgehead atoms. The van der Waals surface area contributed by atoms with E-state index < -0.39 is 36.1 Å². The molecular formula is C27H41NO11. The molecule has 1 rings (SSSR count). The highest BCUT2D eigenvalue weighted by Crippen LogP contribution is 2.31. The van der Waals surface area contributed by atoms with E-state index in [1.54, 1.807) is 6.92 Å². The van der Waals surface area contributed by atoms with Gasteiger partial charge in [0, 0.05) is 12.8 Å². The number of nitrogens with two attached hydrogens (primary N) is 1. The maximum absolute atomic E-state index is 12.3. The van der Waals surface area contributed by atoms with Crippen LogP contribution in [0.2, 0.25) is 0 Å². The number of aliphatic carboxylic acids is 1. The quantitative estimate of drug-likeness (QED) is 0.167. The van der Waals surface area contributed by atoms with Crippen LogP contribution in [0.4, 0.5) is 14.4 Å². The molecule has 2 atom stereocenters. The lowest BCUT2D eigenvalue weighted by Crippen LogP contribution is -2.52. The van der Waals surface area contributed by atoms with Gasteiger partial charge in [-0.3, -0.25) is 4.79 Å². The summed E-state index contributed by atoms with van der Waals surface area (Å²) in [5.74, 6) is -1.05. The molecule has 12 heteroatoms. The summed E-state index contributed by atoms with van der Waals surface area (Å²) in [6, 6.07) is 4.12. The van der Waals surface area contributed by atoms with E-state index >= 15 is 0 Å². The molecule has 1 aromatic carbocycles. The number of ether oxygens (including phenoxy) is 6. The van der Waals surface area contributed by atoms with E-state index in [0.717, 1.165) is 0 Å². The van der Waals surface area contributed by atoms with E-state index in [2.05, 4.69) is 0 Å². The van der Waals surface area contributed by atoms with Crippen molar-refractivity contribution in [3.05, 3.63) is 23.8 Å². The van der Waals surface area contributed by atoms with Crippen LogP contribution in [0.1, 0.15) is 66.4 Å². The zero-order chi connectivity index (χ0) is 29.6. The first-order valence-corrected chi connectivity index (χ1v) is 12.9. The van der Waals surface area contributed by atoms with Gasteiger partial charge in [0.1, 0.15) is 11.6 Å². The standard InChI is InChI=1S/C27H41NO11/c1-7-34-24(31)37-19(6)15-27(28,23(29)30)16-20-8-9-21(38-25(32)35-12-10-17(2)3)22(14-20)39-26(33)36-13-11-18(4)5/h8-9,14,17-19H,7,10-13,15-16,28H2,1-6H3,(H,29,30)/t19-,27?/m0/s1. The van der Waals surface area contributed by atoms with Gasteiger partial charge in [-0.25, -0.2) is 14.4 Å². The van der Waals surface area contributed by atoms with E-state index in [4.69, 9.17) is 34.2 Å². The monoisotopic (exact) mass is 555 g/mol. The first kappa shape index (κ1) is 33.5. The summed E-state index contributed by atoms with van der Waals surface area (Å²) in [6.45, 7) is 11.3. The van der Waals surface area contributed by atoms with Crippen LogP contribution in [-0.2, 0) is 30.2 Å². The van der Waals surface area contributed by atoms with Crippen LogP contribution < -0.4 is 15.2 Å². The van der Waals surface area contributed by atoms with Crippen molar-refractivity contribution >= 4 is 24.4 Å². The van der Waals surface area contributed by atoms with Crippen LogP contribution in [0.5, 0.6) is 11.5 Å². The minimum Gasteiger partial charge on any atom is -0.480 e. The number of hydrogen-bond donors (Lipinski definition) is 2. The molecule has 0 fully saturated rings. The fraction of sp³-hybridized carbons (Fsp3) is 0.630. The fourth-order valence-electron chi connectivity index (χ4n) is 3.29. The first-order valence-electron chi connectivity index (χ1n) is 12.9. The Morgan fingerprint density at radius 3 is 1.87 bits per heavy atom. The minimum absolute atomic E-state index is 0.0978. The highest BCUT2D eigenvalue weighted by atomic mass is 16.7. The third kappa shape index (κ3) is 13.2. The molecule has 0 saturated carbocycles. The molecular weight excluding hydrogens is 514 g/mol. The van der Waals surface area contributed by atoms with Gasteiger partial charge in [0.25, 0.3) is 0 Å². The highest BCUT2D eigenvalue weighted by molar-refractivity contribution is 5.79. The summed E-state index contributed by atoms with van der Waals surface area (Å²) in [5, 5.41) is 9.84. The van der Waals surface area contributed by atoms with Crippen molar-refractivity contribution in [1.29, 1.82) is 0 Å². The summed E-state index contributed by atoms with van der Waals surface area (Å²) in [4.78, 5) is 48.2. The van der Waals surface area contributed by atoms with Gasteiger partial charge in [-0.2, -0.15) is 0 Å². The molecule has 0 heterocycles. The van der Waals surface area contributed by atoms with E-state index in [9.17, 15) is 24.3 Å². The van der Waals surface area contributed by atoms with E-state index in [1.165, 1.54) is 25.1 Å². The average Bonchev–Trinajstić information content (AvgIpc) is 2.80. The number of hydrogen-bond acceptors (Lipinski definition) is 11. The zero-order valence-electron chi connectivity index (χ0n) is 23.5. The van der Waals surface area contributed by atoms with Crippen molar-refractivity contribution in [1.82, 2.24) is 0 Å². The van der Waals surface area contributed by atoms with Gasteiger partial charge in [-0.15, -0.1) is 0 Å². The second kappa shape index (κ2) is 16.4. The number of carboxylic acid groups (broad SMARTS) is 1. The molecule has 0 radical (unpaired) electrons. The van der Waals surface area contributed by atoms with Crippen LogP contribution in [0.15, 0.2) is 18.2 Å². The third-order valence-electron chi connectivity index (χ3n) is 5.38. The topological polar surface area (TPSA) is 170 Å². The third-order valence-corrected chi connectivity index (χ3v) is 5.38. The predicted molar refractivity (Wildman–Crippen MR) is 140 cm³/mol. The van der Waals surface area contributed by atoms with E-state index in [0.29, 0.717) is 30.2 Å². The summed E-state index contributed by atoms with van der Waals surface area (Å²) < 4.78 is 30.4. The van der Waals surface area contributed by atoms with Gasteiger partial charge in [0.2, 0.25) is 0 Å². The second-order valence-corrected chi connectivity index (χ2v) is 10.0. The summed E-state index contributed by atoms with van der Waals surface area (Å²) >= 11 is 0. The molecule has 0 saturated heterocycles. The lowest BCUT2D eigenvalue weighted by atomic mass is 9.86. The predicted octanol–water partition coefficient (Wildman–Crippen LogP) is 5.09. The average molecular weight is 556 g/mol. The molecule has 0 amide bonds. The molecule has 0 aliphatic rings. The Kier molecular flexibility index (Phi) is 14.1.